The Morgan fingerprint density at radius 3 is 2.82 bits per heavy atom. The van der Waals surface area contributed by atoms with Crippen molar-refractivity contribution in [3.05, 3.63) is 42.7 Å². The molecule has 1 aromatic carbocycles. The molecule has 114 valence electrons. The minimum absolute atomic E-state index is 0.157. The first kappa shape index (κ1) is 14.3. The predicted octanol–water partition coefficient (Wildman–Crippen LogP) is 1.95. The molecule has 1 amide bonds. The molecule has 1 atom stereocenters. The normalized spacial score (nSPS) is 17.6. The van der Waals surface area contributed by atoms with Crippen LogP contribution in [0.5, 0.6) is 5.88 Å². The van der Waals surface area contributed by atoms with Gasteiger partial charge < -0.3 is 15.0 Å². The predicted molar refractivity (Wildman–Crippen MR) is 84.0 cm³/mol. The van der Waals surface area contributed by atoms with Crippen LogP contribution in [0, 0.1) is 5.92 Å². The van der Waals surface area contributed by atoms with Crippen LogP contribution in [0.1, 0.15) is 6.42 Å². The highest BCUT2D eigenvalue weighted by molar-refractivity contribution is 5.95. The zero-order chi connectivity index (χ0) is 15.4. The first-order valence-corrected chi connectivity index (χ1v) is 7.22. The van der Waals surface area contributed by atoms with Crippen molar-refractivity contribution in [1.82, 2.24) is 9.97 Å². The third-order valence-electron chi connectivity index (χ3n) is 3.69. The summed E-state index contributed by atoms with van der Waals surface area (Å²) in [7, 11) is 1.56. The van der Waals surface area contributed by atoms with E-state index in [9.17, 15) is 4.79 Å². The van der Waals surface area contributed by atoms with Crippen molar-refractivity contribution in [3.63, 3.8) is 0 Å². The lowest BCUT2D eigenvalue weighted by Crippen LogP contribution is -2.25. The van der Waals surface area contributed by atoms with Gasteiger partial charge in [0, 0.05) is 43.5 Å². The van der Waals surface area contributed by atoms with Crippen LogP contribution in [0.4, 0.5) is 11.5 Å². The van der Waals surface area contributed by atoms with E-state index in [1.165, 1.54) is 0 Å². The van der Waals surface area contributed by atoms with Gasteiger partial charge in [-0.3, -0.25) is 4.79 Å². The summed E-state index contributed by atoms with van der Waals surface area (Å²) in [6.45, 7) is 1.36. The molecule has 1 unspecified atom stereocenters. The molecule has 0 spiro atoms. The van der Waals surface area contributed by atoms with E-state index in [0.717, 1.165) is 5.69 Å². The number of anilines is 2. The van der Waals surface area contributed by atoms with E-state index in [4.69, 9.17) is 4.74 Å². The molecule has 3 rings (SSSR count). The second-order valence-electron chi connectivity index (χ2n) is 5.21. The fraction of sp³-hybridized carbons (Fsp3) is 0.312. The third kappa shape index (κ3) is 3.00. The maximum Gasteiger partial charge on any atom is 0.257 e. The van der Waals surface area contributed by atoms with Crippen molar-refractivity contribution >= 4 is 17.4 Å². The number of amides is 1. The van der Waals surface area contributed by atoms with Crippen molar-refractivity contribution in [2.24, 2.45) is 5.92 Å². The van der Waals surface area contributed by atoms with Crippen molar-refractivity contribution in [2.45, 2.75) is 6.42 Å². The van der Waals surface area contributed by atoms with Gasteiger partial charge in [0.2, 0.25) is 5.91 Å². The number of para-hydroxylation sites is 1. The Labute approximate surface area is 129 Å². The van der Waals surface area contributed by atoms with Gasteiger partial charge in [0.25, 0.3) is 5.88 Å². The number of ether oxygens (including phenoxy) is 1. The van der Waals surface area contributed by atoms with Gasteiger partial charge >= 0.3 is 0 Å². The zero-order valence-corrected chi connectivity index (χ0v) is 12.4. The molecule has 0 bridgehead atoms. The molecule has 0 saturated carbocycles. The van der Waals surface area contributed by atoms with Crippen LogP contribution in [0.3, 0.4) is 0 Å². The van der Waals surface area contributed by atoms with Crippen molar-refractivity contribution in [3.8, 4) is 5.88 Å². The number of hydrogen-bond acceptors (Lipinski definition) is 5. The summed E-state index contributed by atoms with van der Waals surface area (Å²) in [6, 6.07) is 9.75. The first-order chi connectivity index (χ1) is 10.8. The van der Waals surface area contributed by atoms with Crippen LogP contribution in [0.2, 0.25) is 0 Å². The molecule has 2 heterocycles. The number of nitrogens with one attached hydrogen (secondary N) is 1. The van der Waals surface area contributed by atoms with Gasteiger partial charge in [-0.1, -0.05) is 18.2 Å². The van der Waals surface area contributed by atoms with Gasteiger partial charge in [0.05, 0.1) is 7.11 Å². The van der Waals surface area contributed by atoms with E-state index in [-0.39, 0.29) is 11.8 Å². The summed E-state index contributed by atoms with van der Waals surface area (Å²) < 4.78 is 5.16. The van der Waals surface area contributed by atoms with Gasteiger partial charge in [-0.15, -0.1) is 0 Å². The van der Waals surface area contributed by atoms with E-state index in [2.05, 4.69) is 15.3 Å². The molecule has 1 aromatic heterocycles. The zero-order valence-electron chi connectivity index (χ0n) is 12.4. The lowest BCUT2D eigenvalue weighted by atomic mass is 10.1. The summed E-state index contributed by atoms with van der Waals surface area (Å²) >= 11 is 0. The monoisotopic (exact) mass is 298 g/mol. The molecule has 6 nitrogen and oxygen atoms in total. The molecule has 1 saturated heterocycles. The maximum atomic E-state index is 12.2. The van der Waals surface area contributed by atoms with E-state index in [1.54, 1.807) is 19.5 Å². The smallest absolute Gasteiger partial charge is 0.257 e. The Hall–Kier alpha value is -2.63. The minimum atomic E-state index is 0.157. The molecule has 1 fully saturated rings. The van der Waals surface area contributed by atoms with Crippen LogP contribution in [-0.2, 0) is 4.79 Å². The molecule has 1 aliphatic rings. The van der Waals surface area contributed by atoms with Gasteiger partial charge in [-0.05, 0) is 12.1 Å². The maximum absolute atomic E-state index is 12.2. The number of hydrogen-bond donors (Lipinski definition) is 1. The lowest BCUT2D eigenvalue weighted by Gasteiger charge is -2.17. The van der Waals surface area contributed by atoms with E-state index in [1.807, 2.05) is 35.2 Å². The molecule has 1 N–H and O–H groups in total. The Balaban J connectivity index is 1.62. The number of aromatic nitrogens is 2. The number of methoxy groups -OCH3 is 1. The Bertz CT molecular complexity index is 648. The van der Waals surface area contributed by atoms with Crippen LogP contribution in [-0.4, -0.2) is 36.1 Å². The first-order valence-electron chi connectivity index (χ1n) is 7.22. The van der Waals surface area contributed by atoms with Gasteiger partial charge in [-0.2, -0.15) is 0 Å². The number of benzene rings is 1. The van der Waals surface area contributed by atoms with Crippen molar-refractivity contribution in [1.29, 1.82) is 0 Å². The molecular formula is C16H18N4O2. The highest BCUT2D eigenvalue weighted by Gasteiger charge is 2.30. The molecule has 6 heteroatoms. The second kappa shape index (κ2) is 6.43. The lowest BCUT2D eigenvalue weighted by molar-refractivity contribution is -0.117. The van der Waals surface area contributed by atoms with Crippen LogP contribution in [0.25, 0.3) is 0 Å². The van der Waals surface area contributed by atoms with Crippen molar-refractivity contribution in [2.75, 3.05) is 30.4 Å². The molecule has 0 aliphatic carbocycles. The summed E-state index contributed by atoms with van der Waals surface area (Å²) in [4.78, 5) is 22.3. The molecule has 2 aromatic rings. The van der Waals surface area contributed by atoms with Crippen LogP contribution < -0.4 is 15.0 Å². The van der Waals surface area contributed by atoms with E-state index >= 15 is 0 Å². The summed E-state index contributed by atoms with van der Waals surface area (Å²) in [6.07, 6.45) is 3.73. The molecule has 0 radical (unpaired) electrons. The number of carbonyl (C=O) groups excluding carboxylic acids is 1. The fourth-order valence-electron chi connectivity index (χ4n) is 2.61. The quantitative estimate of drug-likeness (QED) is 0.914. The SMILES string of the molecule is COc1nccnc1NCC1CC(=O)N(c2ccccc2)C1. The number of nitrogens with zero attached hydrogens (tertiary/aromatic N) is 3. The number of carbonyl (C=O) groups is 1. The highest BCUT2D eigenvalue weighted by Crippen LogP contribution is 2.25. The molecule has 1 aliphatic heterocycles. The minimum Gasteiger partial charge on any atom is -0.478 e. The van der Waals surface area contributed by atoms with Crippen LogP contribution in [0.15, 0.2) is 42.7 Å². The molecule has 22 heavy (non-hydrogen) atoms. The average Bonchev–Trinajstić information content (AvgIpc) is 2.95. The van der Waals surface area contributed by atoms with E-state index in [0.29, 0.717) is 31.2 Å². The Morgan fingerprint density at radius 2 is 2.05 bits per heavy atom. The second-order valence-corrected chi connectivity index (χ2v) is 5.21. The summed E-state index contributed by atoms with van der Waals surface area (Å²) in [5, 5.41) is 3.22. The third-order valence-corrected chi connectivity index (χ3v) is 3.69. The summed E-state index contributed by atoms with van der Waals surface area (Å²) in [5.41, 5.74) is 0.951. The van der Waals surface area contributed by atoms with E-state index < -0.39 is 0 Å². The average molecular weight is 298 g/mol. The highest BCUT2D eigenvalue weighted by atomic mass is 16.5. The van der Waals surface area contributed by atoms with Crippen LogP contribution >= 0.6 is 0 Å². The topological polar surface area (TPSA) is 67.4 Å². The largest absolute Gasteiger partial charge is 0.478 e. The summed E-state index contributed by atoms with van der Waals surface area (Å²) in [5.74, 6) is 1.46. The molecular weight excluding hydrogens is 280 g/mol. The number of rotatable bonds is 5. The Kier molecular flexibility index (Phi) is 4.18. The van der Waals surface area contributed by atoms with Gasteiger partial charge in [0.1, 0.15) is 0 Å². The fourth-order valence-corrected chi connectivity index (χ4v) is 2.61. The van der Waals surface area contributed by atoms with Gasteiger partial charge in [0.15, 0.2) is 5.82 Å². The standard InChI is InChI=1S/C16H18N4O2/c1-22-16-15(17-7-8-18-16)19-10-12-9-14(21)20(11-12)13-5-3-2-4-6-13/h2-8,12H,9-11H2,1H3,(H,17,19). The van der Waals surface area contributed by atoms with Gasteiger partial charge in [-0.25, -0.2) is 9.97 Å². The Morgan fingerprint density at radius 1 is 1.27 bits per heavy atom. The van der Waals surface area contributed by atoms with Crippen molar-refractivity contribution < 1.29 is 9.53 Å².